The number of hydrogen-bond donors (Lipinski definition) is 0. The fourth-order valence-corrected chi connectivity index (χ4v) is 2.34. The van der Waals surface area contributed by atoms with Gasteiger partial charge < -0.3 is 4.84 Å². The van der Waals surface area contributed by atoms with Crippen molar-refractivity contribution in [3.8, 4) is 0 Å². The third kappa shape index (κ3) is 2.67. The Kier molecular flexibility index (Phi) is 3.67. The summed E-state index contributed by atoms with van der Waals surface area (Å²) in [5.41, 5.74) is 1.31. The minimum Gasteiger partial charge on any atom is -0.323 e. The van der Waals surface area contributed by atoms with Crippen molar-refractivity contribution >= 4 is 17.8 Å². The number of amides is 2. The van der Waals surface area contributed by atoms with Gasteiger partial charge in [-0.1, -0.05) is 44.0 Å². The van der Waals surface area contributed by atoms with E-state index in [4.69, 9.17) is 4.84 Å². The molecule has 1 aromatic heterocycles. The minimum absolute atomic E-state index is 0.0274. The van der Waals surface area contributed by atoms with Gasteiger partial charge in [-0.3, -0.25) is 9.59 Å². The highest BCUT2D eigenvalue weighted by Crippen LogP contribution is 2.24. The van der Waals surface area contributed by atoms with E-state index in [0.29, 0.717) is 5.06 Å². The van der Waals surface area contributed by atoms with Crippen molar-refractivity contribution in [2.45, 2.75) is 26.2 Å². The topological polar surface area (TPSA) is 76.6 Å². The third-order valence-corrected chi connectivity index (χ3v) is 3.77. The Balaban J connectivity index is 1.79. The number of carbonyl (C=O) groups is 3. The van der Waals surface area contributed by atoms with Crippen LogP contribution in [0.15, 0.2) is 42.6 Å². The van der Waals surface area contributed by atoms with Crippen LogP contribution < -0.4 is 0 Å². The molecular formula is C18H16N2O4. The number of hydrogen-bond acceptors (Lipinski definition) is 5. The Labute approximate surface area is 139 Å². The molecule has 0 aliphatic carbocycles. The summed E-state index contributed by atoms with van der Waals surface area (Å²) >= 11 is 0. The second kappa shape index (κ2) is 5.56. The Bertz CT molecular complexity index is 800. The lowest BCUT2D eigenvalue weighted by Gasteiger charge is -2.18. The van der Waals surface area contributed by atoms with Gasteiger partial charge in [0.1, 0.15) is 0 Å². The molecule has 2 amide bonds. The zero-order chi connectivity index (χ0) is 17.5. The largest absolute Gasteiger partial charge is 0.382 e. The molecule has 0 unspecified atom stereocenters. The number of carbonyl (C=O) groups excluding carboxylic acids is 3. The summed E-state index contributed by atoms with van der Waals surface area (Å²) in [4.78, 5) is 45.5. The van der Waals surface area contributed by atoms with Crippen LogP contribution in [0.5, 0.6) is 0 Å². The van der Waals surface area contributed by atoms with Crippen molar-refractivity contribution in [1.29, 1.82) is 0 Å². The van der Waals surface area contributed by atoms with Crippen LogP contribution in [0.2, 0.25) is 0 Å². The molecule has 0 N–H and O–H groups in total. The second-order valence-corrected chi connectivity index (χ2v) is 6.51. The molecule has 1 aliphatic rings. The molecule has 0 saturated heterocycles. The first-order valence-electron chi connectivity index (χ1n) is 7.45. The number of hydroxylamine groups is 2. The number of pyridine rings is 1. The Morgan fingerprint density at radius 3 is 2.04 bits per heavy atom. The van der Waals surface area contributed by atoms with E-state index >= 15 is 0 Å². The van der Waals surface area contributed by atoms with Crippen LogP contribution in [0.25, 0.3) is 0 Å². The molecule has 3 rings (SSSR count). The Hall–Kier alpha value is -3.02. The maximum atomic E-state index is 12.2. The number of imide groups is 1. The predicted octanol–water partition coefficient (Wildman–Crippen LogP) is 2.75. The molecule has 0 radical (unpaired) electrons. The second-order valence-electron chi connectivity index (χ2n) is 6.51. The third-order valence-electron chi connectivity index (χ3n) is 3.77. The highest BCUT2D eigenvalue weighted by Gasteiger charge is 2.39. The first-order chi connectivity index (χ1) is 11.3. The zero-order valence-electron chi connectivity index (χ0n) is 13.6. The lowest BCUT2D eigenvalue weighted by molar-refractivity contribution is -0.0588. The van der Waals surface area contributed by atoms with E-state index in [2.05, 4.69) is 4.98 Å². The minimum atomic E-state index is -0.857. The number of fused-ring (bicyclic) bond motifs is 1. The lowest BCUT2D eigenvalue weighted by Crippen LogP contribution is -2.33. The van der Waals surface area contributed by atoms with Crippen molar-refractivity contribution < 1.29 is 19.2 Å². The summed E-state index contributed by atoms with van der Waals surface area (Å²) in [5.74, 6) is -2.17. The highest BCUT2D eigenvalue weighted by atomic mass is 16.7. The van der Waals surface area contributed by atoms with Gasteiger partial charge in [0.25, 0.3) is 11.8 Å². The molecule has 0 atom stereocenters. The van der Waals surface area contributed by atoms with Gasteiger partial charge in [-0.15, -0.1) is 0 Å². The molecule has 6 nitrogen and oxygen atoms in total. The molecule has 1 aliphatic heterocycles. The molecule has 0 fully saturated rings. The van der Waals surface area contributed by atoms with E-state index in [-0.39, 0.29) is 22.2 Å². The van der Waals surface area contributed by atoms with Gasteiger partial charge in [-0.25, -0.2) is 9.78 Å². The smallest absolute Gasteiger partial charge is 0.323 e. The van der Waals surface area contributed by atoms with Crippen molar-refractivity contribution in [1.82, 2.24) is 10.0 Å². The maximum Gasteiger partial charge on any atom is 0.382 e. The summed E-state index contributed by atoms with van der Waals surface area (Å²) in [7, 11) is 0. The average molecular weight is 324 g/mol. The van der Waals surface area contributed by atoms with Crippen LogP contribution in [0.1, 0.15) is 57.5 Å². The average Bonchev–Trinajstić information content (AvgIpc) is 2.79. The van der Waals surface area contributed by atoms with Gasteiger partial charge in [0.05, 0.1) is 11.1 Å². The molecule has 24 heavy (non-hydrogen) atoms. The first kappa shape index (κ1) is 15.9. The summed E-state index contributed by atoms with van der Waals surface area (Å²) in [5, 5.41) is 0.479. The predicted molar refractivity (Wildman–Crippen MR) is 85.3 cm³/mol. The Morgan fingerprint density at radius 1 is 1.00 bits per heavy atom. The van der Waals surface area contributed by atoms with Gasteiger partial charge in [-0.2, -0.15) is 0 Å². The normalized spacial score (nSPS) is 13.9. The van der Waals surface area contributed by atoms with Crippen LogP contribution in [-0.2, 0) is 10.3 Å². The summed E-state index contributed by atoms with van der Waals surface area (Å²) in [6.45, 7) is 6.09. The van der Waals surface area contributed by atoms with E-state index in [9.17, 15) is 14.4 Å². The highest BCUT2D eigenvalue weighted by molar-refractivity contribution is 6.21. The molecular weight excluding hydrogens is 308 g/mol. The summed E-state index contributed by atoms with van der Waals surface area (Å²) < 4.78 is 0. The summed E-state index contributed by atoms with van der Waals surface area (Å²) in [6.07, 6.45) is 1.58. The van der Waals surface area contributed by atoms with Crippen LogP contribution in [0.3, 0.4) is 0 Å². The standard InChI is InChI=1S/C18H16N2O4/c1-18(2,3)11-8-9-14(19-10-11)17(23)24-20-15(21)12-6-4-5-7-13(12)16(20)22/h4-10H,1-3H3. The summed E-state index contributed by atoms with van der Waals surface area (Å²) in [6, 6.07) is 9.59. The zero-order valence-corrected chi connectivity index (χ0v) is 13.6. The van der Waals surface area contributed by atoms with E-state index in [1.54, 1.807) is 24.4 Å². The number of benzene rings is 1. The fourth-order valence-electron chi connectivity index (χ4n) is 2.34. The van der Waals surface area contributed by atoms with E-state index in [1.165, 1.54) is 18.2 Å². The van der Waals surface area contributed by atoms with Gasteiger partial charge >= 0.3 is 5.97 Å². The molecule has 2 heterocycles. The van der Waals surface area contributed by atoms with Crippen LogP contribution in [0.4, 0.5) is 0 Å². The SMILES string of the molecule is CC(C)(C)c1ccc(C(=O)ON2C(=O)c3ccccc3C2=O)nc1. The van der Waals surface area contributed by atoms with Gasteiger partial charge in [0.2, 0.25) is 0 Å². The molecule has 0 bridgehead atoms. The molecule has 0 spiro atoms. The first-order valence-corrected chi connectivity index (χ1v) is 7.45. The van der Waals surface area contributed by atoms with Crippen molar-refractivity contribution in [2.24, 2.45) is 0 Å². The molecule has 0 saturated carbocycles. The number of aromatic nitrogens is 1. The van der Waals surface area contributed by atoms with Crippen LogP contribution in [-0.4, -0.2) is 27.8 Å². The van der Waals surface area contributed by atoms with Crippen molar-refractivity contribution in [2.75, 3.05) is 0 Å². The van der Waals surface area contributed by atoms with Crippen LogP contribution >= 0.6 is 0 Å². The van der Waals surface area contributed by atoms with Gasteiger partial charge in [0.15, 0.2) is 5.69 Å². The number of nitrogens with zero attached hydrogens (tertiary/aromatic N) is 2. The quantitative estimate of drug-likeness (QED) is 0.794. The van der Waals surface area contributed by atoms with Crippen molar-refractivity contribution in [3.05, 3.63) is 65.0 Å². The Morgan fingerprint density at radius 2 is 1.58 bits per heavy atom. The van der Waals surface area contributed by atoms with Crippen molar-refractivity contribution in [3.63, 3.8) is 0 Å². The molecule has 6 heteroatoms. The van der Waals surface area contributed by atoms with Gasteiger partial charge in [0, 0.05) is 6.20 Å². The van der Waals surface area contributed by atoms with Crippen LogP contribution in [0, 0.1) is 0 Å². The van der Waals surface area contributed by atoms with E-state index in [1.807, 2.05) is 20.8 Å². The molecule has 122 valence electrons. The lowest BCUT2D eigenvalue weighted by atomic mass is 9.88. The molecule has 2 aromatic rings. The van der Waals surface area contributed by atoms with E-state index < -0.39 is 17.8 Å². The molecule has 1 aromatic carbocycles. The monoisotopic (exact) mass is 324 g/mol. The maximum absolute atomic E-state index is 12.2. The number of rotatable bonds is 2. The van der Waals surface area contributed by atoms with Gasteiger partial charge in [-0.05, 0) is 29.2 Å². The van der Waals surface area contributed by atoms with E-state index in [0.717, 1.165) is 5.56 Å². The fraction of sp³-hybridized carbons (Fsp3) is 0.222.